The molecule has 1 aromatic carbocycles. The number of esters is 1. The zero-order valence-corrected chi connectivity index (χ0v) is 17.6. The number of nitrogens with one attached hydrogen (secondary N) is 1. The van der Waals surface area contributed by atoms with Crippen molar-refractivity contribution in [3.8, 4) is 0 Å². The number of rotatable bonds is 4. The lowest BCUT2D eigenvalue weighted by Gasteiger charge is -2.35. The van der Waals surface area contributed by atoms with E-state index in [1.807, 2.05) is 0 Å². The third-order valence-electron chi connectivity index (χ3n) is 6.00. The van der Waals surface area contributed by atoms with Gasteiger partial charge in [0.15, 0.2) is 6.04 Å². The number of fused-ring (bicyclic) bond motifs is 1. The van der Waals surface area contributed by atoms with E-state index in [2.05, 4.69) is 10.4 Å². The average molecular weight is 450 g/mol. The van der Waals surface area contributed by atoms with Gasteiger partial charge in [0.05, 0.1) is 24.8 Å². The van der Waals surface area contributed by atoms with Gasteiger partial charge < -0.3 is 15.0 Å². The average Bonchev–Trinajstić information content (AvgIpc) is 3.22. The molecule has 0 spiro atoms. The van der Waals surface area contributed by atoms with Crippen LogP contribution in [0.5, 0.6) is 0 Å². The molecule has 1 N–H and O–H groups in total. The maximum atomic E-state index is 13.9. The van der Waals surface area contributed by atoms with Crippen molar-refractivity contribution in [3.05, 3.63) is 47.7 Å². The van der Waals surface area contributed by atoms with Gasteiger partial charge in [-0.2, -0.15) is 18.3 Å². The van der Waals surface area contributed by atoms with E-state index in [9.17, 15) is 22.8 Å². The quantitative estimate of drug-likeness (QED) is 0.714. The van der Waals surface area contributed by atoms with Gasteiger partial charge in [-0.25, -0.2) is 4.68 Å². The molecule has 3 heterocycles. The Morgan fingerprint density at radius 1 is 1.25 bits per heavy atom. The number of aromatic nitrogens is 2. The lowest BCUT2D eigenvalue weighted by Crippen LogP contribution is -2.43. The topological polar surface area (TPSA) is 76.5 Å². The van der Waals surface area contributed by atoms with Crippen molar-refractivity contribution in [3.63, 3.8) is 0 Å². The number of hydrogen-bond donors (Lipinski definition) is 1. The van der Waals surface area contributed by atoms with Crippen molar-refractivity contribution in [2.24, 2.45) is 5.92 Å². The molecule has 0 radical (unpaired) electrons. The lowest BCUT2D eigenvalue weighted by molar-refractivity contribution is -0.173. The van der Waals surface area contributed by atoms with Gasteiger partial charge in [0.2, 0.25) is 0 Å². The summed E-state index contributed by atoms with van der Waals surface area (Å²) in [5.41, 5.74) is 0.775. The molecule has 2 aromatic rings. The Kier molecular flexibility index (Phi) is 6.12. The first-order chi connectivity index (χ1) is 15.3. The van der Waals surface area contributed by atoms with Crippen LogP contribution in [0.4, 0.5) is 19.0 Å². The fourth-order valence-corrected chi connectivity index (χ4v) is 4.41. The Labute approximate surface area is 183 Å². The van der Waals surface area contributed by atoms with Crippen LogP contribution in [0.3, 0.4) is 0 Å². The van der Waals surface area contributed by atoms with E-state index in [1.54, 1.807) is 37.3 Å². The van der Waals surface area contributed by atoms with E-state index in [-0.39, 0.29) is 36.9 Å². The first-order valence-corrected chi connectivity index (χ1v) is 10.7. The molecule has 3 atom stereocenters. The molecule has 1 saturated heterocycles. The fraction of sp³-hybridized carbons (Fsp3) is 0.500. The summed E-state index contributed by atoms with van der Waals surface area (Å²) in [5.74, 6) is -1.19. The predicted octanol–water partition coefficient (Wildman–Crippen LogP) is 3.96. The number of halogens is 3. The third kappa shape index (κ3) is 4.31. The summed E-state index contributed by atoms with van der Waals surface area (Å²) in [6.07, 6.45) is -2.34. The molecule has 172 valence electrons. The Bertz CT molecular complexity index is 977. The van der Waals surface area contributed by atoms with E-state index in [0.717, 1.165) is 4.68 Å². The summed E-state index contributed by atoms with van der Waals surface area (Å²) in [4.78, 5) is 26.9. The van der Waals surface area contributed by atoms with Gasteiger partial charge in [0.25, 0.3) is 5.91 Å². The minimum atomic E-state index is -4.52. The van der Waals surface area contributed by atoms with Crippen LogP contribution < -0.4 is 5.32 Å². The second-order valence-electron chi connectivity index (χ2n) is 8.09. The Hall–Kier alpha value is -3.04. The van der Waals surface area contributed by atoms with Crippen LogP contribution in [0.1, 0.15) is 54.2 Å². The standard InChI is InChI=1S/C22H25F3N4O3/c1-2-32-21(31)15-9-6-10-28(13-15)20(30)16-12-26-29-18(22(23,24)25)11-17(27-19(16)29)14-7-4-3-5-8-14/h3-5,7-8,12,15,17-18,27H,2,6,9-11,13H2,1H3. The van der Waals surface area contributed by atoms with Crippen LogP contribution >= 0.6 is 0 Å². The van der Waals surface area contributed by atoms with Crippen molar-refractivity contribution >= 4 is 17.7 Å². The number of amides is 1. The van der Waals surface area contributed by atoms with Gasteiger partial charge in [0, 0.05) is 19.5 Å². The number of carbonyl (C=O) groups is 2. The highest BCUT2D eigenvalue weighted by atomic mass is 19.4. The van der Waals surface area contributed by atoms with E-state index in [0.29, 0.717) is 24.9 Å². The minimum Gasteiger partial charge on any atom is -0.466 e. The molecule has 1 amide bonds. The molecule has 0 aliphatic carbocycles. The molecule has 0 saturated carbocycles. The van der Waals surface area contributed by atoms with Crippen LogP contribution in [0.25, 0.3) is 0 Å². The smallest absolute Gasteiger partial charge is 0.410 e. The second-order valence-corrected chi connectivity index (χ2v) is 8.09. The zero-order chi connectivity index (χ0) is 22.9. The monoisotopic (exact) mass is 450 g/mol. The highest BCUT2D eigenvalue weighted by Crippen LogP contribution is 2.44. The maximum Gasteiger partial charge on any atom is 0.410 e. The van der Waals surface area contributed by atoms with E-state index < -0.39 is 30.1 Å². The summed E-state index contributed by atoms with van der Waals surface area (Å²) in [5, 5.41) is 7.03. The van der Waals surface area contributed by atoms with Crippen molar-refractivity contribution in [2.75, 3.05) is 25.0 Å². The molecule has 1 fully saturated rings. The van der Waals surface area contributed by atoms with Gasteiger partial charge in [-0.15, -0.1) is 0 Å². The molecule has 10 heteroatoms. The largest absolute Gasteiger partial charge is 0.466 e. The molecule has 4 rings (SSSR count). The zero-order valence-electron chi connectivity index (χ0n) is 17.6. The number of hydrogen-bond acceptors (Lipinski definition) is 5. The Morgan fingerprint density at radius 2 is 2.00 bits per heavy atom. The first-order valence-electron chi connectivity index (χ1n) is 10.7. The van der Waals surface area contributed by atoms with Crippen molar-refractivity contribution < 1.29 is 27.5 Å². The highest BCUT2D eigenvalue weighted by molar-refractivity contribution is 5.99. The number of ether oxygens (including phenoxy) is 1. The van der Waals surface area contributed by atoms with E-state index in [1.165, 1.54) is 11.1 Å². The predicted molar refractivity (Wildman–Crippen MR) is 110 cm³/mol. The molecule has 3 unspecified atom stereocenters. The summed E-state index contributed by atoms with van der Waals surface area (Å²) in [6, 6.07) is 6.37. The van der Waals surface area contributed by atoms with Crippen LogP contribution in [0, 0.1) is 5.92 Å². The number of carbonyl (C=O) groups excluding carboxylic acids is 2. The molecule has 7 nitrogen and oxygen atoms in total. The molecule has 32 heavy (non-hydrogen) atoms. The van der Waals surface area contributed by atoms with E-state index >= 15 is 0 Å². The van der Waals surface area contributed by atoms with Crippen LogP contribution in [0.15, 0.2) is 36.5 Å². The minimum absolute atomic E-state index is 0.0516. The molecular formula is C22H25F3N4O3. The fourth-order valence-electron chi connectivity index (χ4n) is 4.41. The van der Waals surface area contributed by atoms with Crippen molar-refractivity contribution in [2.45, 2.75) is 44.4 Å². The summed E-state index contributed by atoms with van der Waals surface area (Å²) >= 11 is 0. The molecule has 2 aliphatic rings. The SMILES string of the molecule is CCOC(=O)C1CCCN(C(=O)c2cnn3c2NC(c2ccccc2)CC3C(F)(F)F)C1. The number of alkyl halides is 3. The number of benzene rings is 1. The molecular weight excluding hydrogens is 425 g/mol. The van der Waals surface area contributed by atoms with Crippen molar-refractivity contribution in [1.29, 1.82) is 0 Å². The summed E-state index contributed by atoms with van der Waals surface area (Å²) in [6.45, 7) is 2.57. The Balaban J connectivity index is 1.63. The Morgan fingerprint density at radius 3 is 2.69 bits per heavy atom. The van der Waals surface area contributed by atoms with Gasteiger partial charge in [-0.3, -0.25) is 9.59 Å². The normalized spacial score (nSPS) is 23.2. The van der Waals surface area contributed by atoms with Gasteiger partial charge >= 0.3 is 12.1 Å². The van der Waals surface area contributed by atoms with Crippen LogP contribution in [-0.4, -0.2) is 52.4 Å². The highest BCUT2D eigenvalue weighted by Gasteiger charge is 2.47. The van der Waals surface area contributed by atoms with E-state index in [4.69, 9.17) is 4.74 Å². The third-order valence-corrected chi connectivity index (χ3v) is 6.00. The van der Waals surface area contributed by atoms with Crippen LogP contribution in [-0.2, 0) is 9.53 Å². The number of likely N-dealkylation sites (tertiary alicyclic amines) is 1. The van der Waals surface area contributed by atoms with Gasteiger partial charge in [0.1, 0.15) is 11.4 Å². The second kappa shape index (κ2) is 8.84. The first kappa shape index (κ1) is 22.2. The number of nitrogens with zero attached hydrogens (tertiary/aromatic N) is 3. The number of anilines is 1. The van der Waals surface area contributed by atoms with Gasteiger partial charge in [-0.1, -0.05) is 30.3 Å². The van der Waals surface area contributed by atoms with Crippen LogP contribution in [0.2, 0.25) is 0 Å². The number of piperidine rings is 1. The molecule has 1 aromatic heterocycles. The van der Waals surface area contributed by atoms with Crippen molar-refractivity contribution in [1.82, 2.24) is 14.7 Å². The lowest BCUT2D eigenvalue weighted by atomic mass is 9.96. The molecule has 0 bridgehead atoms. The maximum absolute atomic E-state index is 13.9. The summed E-state index contributed by atoms with van der Waals surface area (Å²) < 4.78 is 47.5. The van der Waals surface area contributed by atoms with Gasteiger partial charge in [-0.05, 0) is 25.3 Å². The molecule has 2 aliphatic heterocycles. The summed E-state index contributed by atoms with van der Waals surface area (Å²) in [7, 11) is 0.